The van der Waals surface area contributed by atoms with Crippen molar-refractivity contribution < 1.29 is 13.2 Å². The van der Waals surface area contributed by atoms with Gasteiger partial charge in [-0.25, -0.2) is 8.42 Å². The van der Waals surface area contributed by atoms with E-state index < -0.39 is 10.0 Å². The van der Waals surface area contributed by atoms with Gasteiger partial charge in [-0.15, -0.1) is 0 Å². The Labute approximate surface area is 103 Å². The van der Waals surface area contributed by atoms with Crippen molar-refractivity contribution >= 4 is 15.9 Å². The maximum Gasteiger partial charge on any atom is 0.250 e. The Morgan fingerprint density at radius 1 is 1.29 bits per heavy atom. The van der Waals surface area contributed by atoms with E-state index in [0.29, 0.717) is 12.0 Å². The molecule has 5 nitrogen and oxygen atoms in total. The molecule has 2 rings (SSSR count). The minimum atomic E-state index is -3.44. The average molecular weight is 260 g/mol. The van der Waals surface area contributed by atoms with Crippen LogP contribution in [0.25, 0.3) is 0 Å². The zero-order valence-electron chi connectivity index (χ0n) is 10.3. The monoisotopic (exact) mass is 260 g/mol. The highest BCUT2D eigenvalue weighted by Crippen LogP contribution is 2.38. The number of fused-ring (bicyclic) bond motifs is 1. The summed E-state index contributed by atoms with van der Waals surface area (Å²) in [5, 5.41) is 0. The number of hydrogen-bond acceptors (Lipinski definition) is 4. The highest BCUT2D eigenvalue weighted by molar-refractivity contribution is 7.89. The van der Waals surface area contributed by atoms with Crippen LogP contribution in [-0.2, 0) is 14.8 Å². The lowest BCUT2D eigenvalue weighted by Crippen LogP contribution is -2.45. The number of amides is 1. The largest absolute Gasteiger partial charge is 0.292 e. The van der Waals surface area contributed by atoms with Crippen molar-refractivity contribution in [3.05, 3.63) is 0 Å². The number of nitrogens with zero attached hydrogens (tertiary/aromatic N) is 1. The predicted molar refractivity (Wildman–Crippen MR) is 64.9 cm³/mol. The topological polar surface area (TPSA) is 66.5 Å². The summed E-state index contributed by atoms with van der Waals surface area (Å²) < 4.78 is 24.2. The molecule has 2 aliphatic rings. The molecule has 0 bridgehead atoms. The smallest absolute Gasteiger partial charge is 0.250 e. The summed E-state index contributed by atoms with van der Waals surface area (Å²) in [6, 6.07) is 0.178. The number of likely N-dealkylation sites (N-methyl/N-ethyl adjacent to an activating group) is 1. The van der Waals surface area contributed by atoms with Gasteiger partial charge in [0.15, 0.2) is 0 Å². The quantitative estimate of drug-likeness (QED) is 0.777. The molecule has 3 atom stereocenters. The molecule has 1 heterocycles. The van der Waals surface area contributed by atoms with Gasteiger partial charge < -0.3 is 0 Å². The molecule has 0 aromatic carbocycles. The van der Waals surface area contributed by atoms with Crippen LogP contribution in [0.15, 0.2) is 0 Å². The zero-order chi connectivity index (χ0) is 12.6. The van der Waals surface area contributed by atoms with Crippen LogP contribution >= 0.6 is 0 Å². The van der Waals surface area contributed by atoms with Gasteiger partial charge in [0.1, 0.15) is 0 Å². The van der Waals surface area contributed by atoms with Gasteiger partial charge in [-0.05, 0) is 32.2 Å². The summed E-state index contributed by atoms with van der Waals surface area (Å²) in [4.78, 5) is 13.9. The van der Waals surface area contributed by atoms with Crippen LogP contribution in [0.2, 0.25) is 0 Å². The number of likely N-dealkylation sites (tertiary alicyclic amines) is 1. The molecule has 2 fully saturated rings. The van der Waals surface area contributed by atoms with Gasteiger partial charge in [-0.1, -0.05) is 12.8 Å². The second kappa shape index (κ2) is 4.57. The van der Waals surface area contributed by atoms with E-state index in [1.807, 2.05) is 7.05 Å². The Morgan fingerprint density at radius 3 is 2.53 bits per heavy atom. The molecule has 0 unspecified atom stereocenters. The number of carbonyl (C=O) groups excluding carboxylic acids is 1. The highest BCUT2D eigenvalue weighted by Gasteiger charge is 2.43. The van der Waals surface area contributed by atoms with Gasteiger partial charge in [0.25, 0.3) is 5.91 Å². The van der Waals surface area contributed by atoms with E-state index in [-0.39, 0.29) is 11.9 Å². The Kier molecular flexibility index (Phi) is 3.45. The lowest BCUT2D eigenvalue weighted by atomic mass is 9.85. The SMILES string of the molecule is CN1[C@H](C(=O)NS(C)(=O)=O)C[C@@H]2CCCC[C@@H]21. The normalized spacial score (nSPS) is 34.4. The van der Waals surface area contributed by atoms with Crippen LogP contribution < -0.4 is 4.72 Å². The van der Waals surface area contributed by atoms with Crippen molar-refractivity contribution in [2.24, 2.45) is 5.92 Å². The van der Waals surface area contributed by atoms with E-state index in [2.05, 4.69) is 9.62 Å². The molecule has 0 spiro atoms. The van der Waals surface area contributed by atoms with Crippen LogP contribution in [0, 0.1) is 5.92 Å². The van der Waals surface area contributed by atoms with Crippen molar-refractivity contribution in [1.82, 2.24) is 9.62 Å². The van der Waals surface area contributed by atoms with Crippen LogP contribution in [0.1, 0.15) is 32.1 Å². The third-order valence-corrected chi connectivity index (χ3v) is 4.57. The molecule has 98 valence electrons. The standard InChI is InChI=1S/C11H20N2O3S/c1-13-9-6-4-3-5-8(9)7-10(13)11(14)12-17(2,15)16/h8-10H,3-7H2,1-2H3,(H,12,14)/t8-,9-,10-/m0/s1. The van der Waals surface area contributed by atoms with Gasteiger partial charge in [0.2, 0.25) is 10.0 Å². The molecule has 1 saturated carbocycles. The van der Waals surface area contributed by atoms with Crippen LogP contribution in [0.4, 0.5) is 0 Å². The second-order valence-electron chi connectivity index (χ2n) is 5.27. The highest BCUT2D eigenvalue weighted by atomic mass is 32.2. The van der Waals surface area contributed by atoms with Crippen molar-refractivity contribution in [2.75, 3.05) is 13.3 Å². The maximum absolute atomic E-state index is 11.9. The number of carbonyl (C=O) groups is 1. The summed E-state index contributed by atoms with van der Waals surface area (Å²) in [6.45, 7) is 0. The second-order valence-corrected chi connectivity index (χ2v) is 7.02. The summed E-state index contributed by atoms with van der Waals surface area (Å²) in [6.07, 6.45) is 6.55. The molecule has 1 N–H and O–H groups in total. The van der Waals surface area contributed by atoms with Gasteiger partial charge in [-0.2, -0.15) is 0 Å². The Balaban J connectivity index is 2.05. The first-order valence-corrected chi connectivity index (χ1v) is 8.01. The molecule has 6 heteroatoms. The van der Waals surface area contributed by atoms with Crippen molar-refractivity contribution in [1.29, 1.82) is 0 Å². The van der Waals surface area contributed by atoms with Crippen molar-refractivity contribution in [2.45, 2.75) is 44.2 Å². The van der Waals surface area contributed by atoms with Crippen molar-refractivity contribution in [3.63, 3.8) is 0 Å². The maximum atomic E-state index is 11.9. The summed E-state index contributed by atoms with van der Waals surface area (Å²) >= 11 is 0. The third kappa shape index (κ3) is 2.80. The van der Waals surface area contributed by atoms with Gasteiger partial charge in [-0.3, -0.25) is 14.4 Å². The van der Waals surface area contributed by atoms with Gasteiger partial charge >= 0.3 is 0 Å². The molecule has 1 amide bonds. The van der Waals surface area contributed by atoms with Crippen LogP contribution in [-0.4, -0.2) is 44.6 Å². The molecule has 0 aromatic heterocycles. The molecular weight excluding hydrogens is 240 g/mol. The minimum absolute atomic E-state index is 0.280. The Bertz CT molecular complexity index is 407. The molecule has 1 aliphatic heterocycles. The first-order chi connectivity index (χ1) is 7.88. The first-order valence-electron chi connectivity index (χ1n) is 6.12. The fourth-order valence-corrected chi connectivity index (χ4v) is 3.73. The van der Waals surface area contributed by atoms with E-state index in [9.17, 15) is 13.2 Å². The zero-order valence-corrected chi connectivity index (χ0v) is 11.2. The van der Waals surface area contributed by atoms with E-state index in [1.165, 1.54) is 12.8 Å². The summed E-state index contributed by atoms with van der Waals surface area (Å²) in [5.74, 6) is 0.188. The Hall–Kier alpha value is -0.620. The fourth-order valence-electron chi connectivity index (χ4n) is 3.23. The predicted octanol–water partition coefficient (Wildman–Crippen LogP) is 0.325. The number of hydrogen-bond donors (Lipinski definition) is 1. The molecule has 1 saturated heterocycles. The van der Waals surface area contributed by atoms with E-state index in [1.54, 1.807) is 0 Å². The average Bonchev–Trinajstić information content (AvgIpc) is 2.55. The lowest BCUT2D eigenvalue weighted by molar-refractivity contribution is -0.123. The van der Waals surface area contributed by atoms with Crippen molar-refractivity contribution in [3.8, 4) is 0 Å². The van der Waals surface area contributed by atoms with Crippen LogP contribution in [0.5, 0.6) is 0 Å². The molecule has 0 radical (unpaired) electrons. The fraction of sp³-hybridized carbons (Fsp3) is 0.909. The first kappa shape index (κ1) is 12.8. The van der Waals surface area contributed by atoms with E-state index in [4.69, 9.17) is 0 Å². The van der Waals surface area contributed by atoms with E-state index in [0.717, 1.165) is 25.5 Å². The third-order valence-electron chi connectivity index (χ3n) is 4.00. The van der Waals surface area contributed by atoms with Gasteiger partial charge in [0, 0.05) is 6.04 Å². The number of rotatable bonds is 2. The van der Waals surface area contributed by atoms with E-state index >= 15 is 0 Å². The lowest BCUT2D eigenvalue weighted by Gasteiger charge is -2.30. The van der Waals surface area contributed by atoms with Crippen LogP contribution in [0.3, 0.4) is 0 Å². The summed E-state index contributed by atoms with van der Waals surface area (Å²) in [5.41, 5.74) is 0. The molecule has 1 aliphatic carbocycles. The molecule has 0 aromatic rings. The Morgan fingerprint density at radius 2 is 1.94 bits per heavy atom. The summed E-state index contributed by atoms with van der Waals surface area (Å²) in [7, 11) is -1.51. The molecule has 17 heavy (non-hydrogen) atoms. The minimum Gasteiger partial charge on any atom is -0.292 e. The number of nitrogens with one attached hydrogen (secondary N) is 1. The molecular formula is C11H20N2O3S. The van der Waals surface area contributed by atoms with Gasteiger partial charge in [0.05, 0.1) is 12.3 Å². The number of sulfonamides is 1.